The molecule has 0 radical (unpaired) electrons. The fourth-order valence-electron chi connectivity index (χ4n) is 3.37. The lowest BCUT2D eigenvalue weighted by atomic mass is 10.2. The molecule has 172 valence electrons. The highest BCUT2D eigenvalue weighted by Crippen LogP contribution is 2.36. The first-order valence-electron chi connectivity index (χ1n) is 10.1. The Morgan fingerprint density at radius 2 is 1.34 bits per heavy atom. The minimum atomic E-state index is -4.60. The third-order valence-corrected chi connectivity index (χ3v) is 5.42. The molecule has 2 aromatic carbocycles. The molecular formula is C22H24ClF3N4O2. The normalized spacial score (nSPS) is 15.4. The summed E-state index contributed by atoms with van der Waals surface area (Å²) >= 11 is 5.60. The number of nitrogens with one attached hydrogen (secondary N) is 2. The van der Waals surface area contributed by atoms with E-state index in [4.69, 9.17) is 11.6 Å². The van der Waals surface area contributed by atoms with Crippen LogP contribution < -0.4 is 10.6 Å². The van der Waals surface area contributed by atoms with Crippen molar-refractivity contribution in [3.8, 4) is 0 Å². The fourth-order valence-corrected chi connectivity index (χ4v) is 3.59. The average Bonchev–Trinajstić information content (AvgIpc) is 2.72. The van der Waals surface area contributed by atoms with E-state index in [0.717, 1.165) is 23.4 Å². The van der Waals surface area contributed by atoms with E-state index in [2.05, 4.69) is 10.6 Å². The zero-order chi connectivity index (χ0) is 23.3. The second-order valence-electron chi connectivity index (χ2n) is 7.71. The largest absolute Gasteiger partial charge is 0.417 e. The number of rotatable bonds is 6. The molecule has 0 atom stereocenters. The maximum Gasteiger partial charge on any atom is 0.417 e. The van der Waals surface area contributed by atoms with Crippen molar-refractivity contribution in [2.45, 2.75) is 13.1 Å². The number of carbonyl (C=O) groups excluding carboxylic acids is 2. The van der Waals surface area contributed by atoms with Gasteiger partial charge in [0.25, 0.3) is 0 Å². The van der Waals surface area contributed by atoms with Crippen molar-refractivity contribution >= 4 is 34.8 Å². The van der Waals surface area contributed by atoms with Gasteiger partial charge in [-0.2, -0.15) is 13.2 Å². The standard InChI is InChI=1S/C22H24ClF3N4O2/c1-15-2-4-16(5-3-15)27-20(31)13-29-8-10-30(11-9-29)14-21(32)28-17-6-7-19(23)18(12-17)22(24,25)26/h2-7,12H,8-11,13-14H2,1H3,(H,27,31)(H,28,32). The molecule has 0 bridgehead atoms. The van der Waals surface area contributed by atoms with E-state index in [1.165, 1.54) is 6.07 Å². The van der Waals surface area contributed by atoms with Crippen molar-refractivity contribution in [1.82, 2.24) is 9.80 Å². The molecule has 2 aromatic rings. The van der Waals surface area contributed by atoms with E-state index in [1.54, 1.807) is 0 Å². The summed E-state index contributed by atoms with van der Waals surface area (Å²) in [6.45, 7) is 4.62. The molecule has 3 rings (SSSR count). The summed E-state index contributed by atoms with van der Waals surface area (Å²) in [6, 6.07) is 10.8. The summed E-state index contributed by atoms with van der Waals surface area (Å²) in [6.07, 6.45) is -4.60. The number of hydrogen-bond donors (Lipinski definition) is 2. The first kappa shape index (κ1) is 24.0. The van der Waals surface area contributed by atoms with Gasteiger partial charge in [0.1, 0.15) is 0 Å². The number of hydrogen-bond acceptors (Lipinski definition) is 4. The first-order chi connectivity index (χ1) is 15.1. The Morgan fingerprint density at radius 3 is 1.84 bits per heavy atom. The van der Waals surface area contributed by atoms with E-state index < -0.39 is 22.7 Å². The van der Waals surface area contributed by atoms with Crippen molar-refractivity contribution in [2.24, 2.45) is 0 Å². The number of benzene rings is 2. The Labute approximate surface area is 189 Å². The first-order valence-corrected chi connectivity index (χ1v) is 10.5. The molecule has 0 aromatic heterocycles. The number of carbonyl (C=O) groups is 2. The number of nitrogens with zero attached hydrogens (tertiary/aromatic N) is 2. The lowest BCUT2D eigenvalue weighted by molar-refractivity contribution is -0.137. The predicted molar refractivity (Wildman–Crippen MR) is 118 cm³/mol. The topological polar surface area (TPSA) is 64.7 Å². The van der Waals surface area contributed by atoms with E-state index in [9.17, 15) is 22.8 Å². The van der Waals surface area contributed by atoms with Crippen LogP contribution in [0, 0.1) is 6.92 Å². The smallest absolute Gasteiger partial charge is 0.325 e. The van der Waals surface area contributed by atoms with Crippen LogP contribution in [0.3, 0.4) is 0 Å². The van der Waals surface area contributed by atoms with Crippen molar-refractivity contribution < 1.29 is 22.8 Å². The molecule has 1 saturated heterocycles. The molecule has 1 aliphatic heterocycles. The van der Waals surface area contributed by atoms with Crippen LogP contribution >= 0.6 is 11.6 Å². The quantitative estimate of drug-likeness (QED) is 0.675. The van der Waals surface area contributed by atoms with Gasteiger partial charge in [-0.25, -0.2) is 0 Å². The van der Waals surface area contributed by atoms with Crippen LogP contribution in [0.5, 0.6) is 0 Å². The van der Waals surface area contributed by atoms with Crippen LogP contribution in [0.15, 0.2) is 42.5 Å². The van der Waals surface area contributed by atoms with E-state index in [-0.39, 0.29) is 24.7 Å². The highest BCUT2D eigenvalue weighted by atomic mass is 35.5. The van der Waals surface area contributed by atoms with Gasteiger partial charge in [-0.3, -0.25) is 19.4 Å². The molecule has 1 aliphatic rings. The summed E-state index contributed by atoms with van der Waals surface area (Å²) in [5.41, 5.74) is 0.902. The van der Waals surface area contributed by atoms with Crippen LogP contribution in [0.1, 0.15) is 11.1 Å². The summed E-state index contributed by atoms with van der Waals surface area (Å²) in [7, 11) is 0. The summed E-state index contributed by atoms with van der Waals surface area (Å²) in [5, 5.41) is 4.93. The fraction of sp³-hybridized carbons (Fsp3) is 0.364. The molecular weight excluding hydrogens is 445 g/mol. The van der Waals surface area contributed by atoms with Gasteiger partial charge in [0.15, 0.2) is 0 Å². The highest BCUT2D eigenvalue weighted by Gasteiger charge is 2.33. The van der Waals surface area contributed by atoms with E-state index >= 15 is 0 Å². The van der Waals surface area contributed by atoms with E-state index in [0.29, 0.717) is 26.2 Å². The van der Waals surface area contributed by atoms with Gasteiger partial charge in [0.05, 0.1) is 23.7 Å². The Balaban J connectivity index is 1.43. The van der Waals surface area contributed by atoms with Crippen LogP contribution in [-0.4, -0.2) is 60.9 Å². The van der Waals surface area contributed by atoms with Gasteiger partial charge in [-0.15, -0.1) is 0 Å². The molecule has 1 fully saturated rings. The zero-order valence-electron chi connectivity index (χ0n) is 17.5. The second kappa shape index (κ2) is 10.3. The van der Waals surface area contributed by atoms with Gasteiger partial charge in [0, 0.05) is 37.6 Å². The molecule has 2 N–H and O–H groups in total. The molecule has 0 spiro atoms. The molecule has 1 heterocycles. The lowest BCUT2D eigenvalue weighted by Gasteiger charge is -2.33. The van der Waals surface area contributed by atoms with Crippen LogP contribution in [0.2, 0.25) is 5.02 Å². The lowest BCUT2D eigenvalue weighted by Crippen LogP contribution is -2.50. The van der Waals surface area contributed by atoms with Gasteiger partial charge in [-0.1, -0.05) is 29.3 Å². The Hall–Kier alpha value is -2.62. The number of amides is 2. The monoisotopic (exact) mass is 468 g/mol. The van der Waals surface area contributed by atoms with Crippen LogP contribution in [0.25, 0.3) is 0 Å². The van der Waals surface area contributed by atoms with Crippen molar-refractivity contribution in [2.75, 3.05) is 49.9 Å². The number of piperazine rings is 1. The average molecular weight is 469 g/mol. The van der Waals surface area contributed by atoms with Gasteiger partial charge in [0.2, 0.25) is 11.8 Å². The molecule has 0 aliphatic carbocycles. The Bertz CT molecular complexity index is 959. The second-order valence-corrected chi connectivity index (χ2v) is 8.11. The third kappa shape index (κ3) is 6.94. The molecule has 2 amide bonds. The number of alkyl halides is 3. The number of aryl methyl sites for hydroxylation is 1. The van der Waals surface area contributed by atoms with E-state index in [1.807, 2.05) is 41.0 Å². The van der Waals surface area contributed by atoms with Crippen LogP contribution in [0.4, 0.5) is 24.5 Å². The van der Waals surface area contributed by atoms with Gasteiger partial charge in [-0.05, 0) is 37.3 Å². The zero-order valence-corrected chi connectivity index (χ0v) is 18.3. The van der Waals surface area contributed by atoms with Crippen molar-refractivity contribution in [3.05, 3.63) is 58.6 Å². The number of halogens is 4. The molecule has 6 nitrogen and oxygen atoms in total. The van der Waals surface area contributed by atoms with Crippen molar-refractivity contribution in [1.29, 1.82) is 0 Å². The van der Waals surface area contributed by atoms with Gasteiger partial charge < -0.3 is 10.6 Å². The minimum absolute atomic E-state index is 0.0399. The highest BCUT2D eigenvalue weighted by molar-refractivity contribution is 6.31. The Morgan fingerprint density at radius 1 is 0.875 bits per heavy atom. The predicted octanol–water partition coefficient (Wildman–Crippen LogP) is 3.86. The van der Waals surface area contributed by atoms with Crippen molar-refractivity contribution in [3.63, 3.8) is 0 Å². The number of anilines is 2. The molecule has 10 heteroatoms. The maximum absolute atomic E-state index is 13.0. The minimum Gasteiger partial charge on any atom is -0.325 e. The molecule has 32 heavy (non-hydrogen) atoms. The Kier molecular flexibility index (Phi) is 7.76. The molecule has 0 saturated carbocycles. The maximum atomic E-state index is 13.0. The SMILES string of the molecule is Cc1ccc(NC(=O)CN2CCN(CC(=O)Nc3ccc(Cl)c(C(F)(F)F)c3)CC2)cc1. The summed E-state index contributed by atoms with van der Waals surface area (Å²) in [4.78, 5) is 28.4. The third-order valence-electron chi connectivity index (χ3n) is 5.09. The molecule has 0 unspecified atom stereocenters. The summed E-state index contributed by atoms with van der Waals surface area (Å²) in [5.74, 6) is -0.519. The van der Waals surface area contributed by atoms with Crippen LogP contribution in [-0.2, 0) is 15.8 Å². The van der Waals surface area contributed by atoms with Gasteiger partial charge >= 0.3 is 6.18 Å². The summed E-state index contributed by atoms with van der Waals surface area (Å²) < 4.78 is 38.9.